The Balaban J connectivity index is 1.27. The van der Waals surface area contributed by atoms with E-state index in [0.29, 0.717) is 17.8 Å². The van der Waals surface area contributed by atoms with Crippen LogP contribution in [0.3, 0.4) is 0 Å². The van der Waals surface area contributed by atoms with Crippen molar-refractivity contribution >= 4 is 11.8 Å². The zero-order valence-corrected chi connectivity index (χ0v) is 14.1. The summed E-state index contributed by atoms with van der Waals surface area (Å²) in [6, 6.07) is 10.6. The Morgan fingerprint density at radius 2 is 1.92 bits per heavy atom. The molecule has 0 aliphatic carbocycles. The van der Waals surface area contributed by atoms with E-state index >= 15 is 0 Å². The minimum atomic E-state index is -0.129. The van der Waals surface area contributed by atoms with Crippen molar-refractivity contribution in [3.63, 3.8) is 0 Å². The van der Waals surface area contributed by atoms with Crippen molar-refractivity contribution in [2.45, 2.75) is 18.4 Å². The van der Waals surface area contributed by atoms with Crippen molar-refractivity contribution in [3.8, 4) is 11.3 Å². The Morgan fingerprint density at radius 3 is 2.60 bits per heavy atom. The lowest BCUT2D eigenvalue weighted by atomic mass is 9.75. The van der Waals surface area contributed by atoms with Crippen LogP contribution >= 0.6 is 0 Å². The minimum absolute atomic E-state index is 0.129. The van der Waals surface area contributed by atoms with Gasteiger partial charge in [-0.25, -0.2) is 9.98 Å². The first-order valence-corrected chi connectivity index (χ1v) is 8.91. The minimum Gasteiger partial charge on any atom is -0.455 e. The van der Waals surface area contributed by atoms with E-state index in [1.165, 1.54) is 25.9 Å². The van der Waals surface area contributed by atoms with Gasteiger partial charge in [0.05, 0.1) is 24.6 Å². The monoisotopic (exact) mass is 335 g/mol. The van der Waals surface area contributed by atoms with Crippen LogP contribution in [-0.4, -0.2) is 52.7 Å². The molecule has 3 saturated heterocycles. The quantitative estimate of drug-likeness (QED) is 0.913. The standard InChI is InChI=1S/C19H21N5O/c1-2-4-14(5-3-1)16-10-21-17(11-20-16)23-18-22-12-19(25-18)13-24-8-6-15(19)7-9-24/h1-5,10-11,15H,6-9,12-13H2,(H,21,22,23)/t19-/m0/s1. The zero-order chi connectivity index (χ0) is 16.7. The number of fused-ring (bicyclic) bond motifs is 2. The first-order chi connectivity index (χ1) is 12.3. The lowest BCUT2D eigenvalue weighted by Crippen LogP contribution is -2.61. The lowest BCUT2D eigenvalue weighted by molar-refractivity contribution is -0.0829. The van der Waals surface area contributed by atoms with Crippen molar-refractivity contribution < 1.29 is 4.74 Å². The number of hydrogen-bond acceptors (Lipinski definition) is 6. The number of piperidine rings is 3. The second-order valence-electron chi connectivity index (χ2n) is 7.12. The summed E-state index contributed by atoms with van der Waals surface area (Å²) in [5, 5.41) is 3.19. The van der Waals surface area contributed by atoms with Crippen LogP contribution in [-0.2, 0) is 4.74 Å². The van der Waals surface area contributed by atoms with E-state index in [9.17, 15) is 0 Å². The molecule has 1 aromatic carbocycles. The predicted molar refractivity (Wildman–Crippen MR) is 96.4 cm³/mol. The Morgan fingerprint density at radius 1 is 1.08 bits per heavy atom. The van der Waals surface area contributed by atoms with Crippen molar-refractivity contribution in [2.75, 3.05) is 31.5 Å². The van der Waals surface area contributed by atoms with Gasteiger partial charge in [0, 0.05) is 18.0 Å². The molecule has 0 saturated carbocycles. The van der Waals surface area contributed by atoms with E-state index in [2.05, 4.69) is 25.2 Å². The number of nitrogens with zero attached hydrogens (tertiary/aromatic N) is 4. The van der Waals surface area contributed by atoms with Gasteiger partial charge in [0.25, 0.3) is 6.02 Å². The molecule has 1 N–H and O–H groups in total. The topological polar surface area (TPSA) is 62.6 Å². The van der Waals surface area contributed by atoms with Gasteiger partial charge in [0.2, 0.25) is 0 Å². The Bertz CT molecular complexity index is 783. The van der Waals surface area contributed by atoms with Crippen LogP contribution in [0.1, 0.15) is 12.8 Å². The van der Waals surface area contributed by atoms with Crippen LogP contribution in [0.4, 0.5) is 5.82 Å². The van der Waals surface area contributed by atoms with E-state index < -0.39 is 0 Å². The fourth-order valence-electron chi connectivity index (χ4n) is 4.21. The van der Waals surface area contributed by atoms with Crippen molar-refractivity contribution in [3.05, 3.63) is 42.7 Å². The molecule has 1 aromatic heterocycles. The summed E-state index contributed by atoms with van der Waals surface area (Å²) in [7, 11) is 0. The highest BCUT2D eigenvalue weighted by molar-refractivity contribution is 5.89. The largest absolute Gasteiger partial charge is 0.455 e. The highest BCUT2D eigenvalue weighted by Gasteiger charge is 2.51. The number of benzene rings is 1. The third kappa shape index (κ3) is 2.66. The van der Waals surface area contributed by atoms with E-state index in [-0.39, 0.29) is 5.60 Å². The second kappa shape index (κ2) is 5.81. The predicted octanol–water partition coefficient (Wildman–Crippen LogP) is 2.41. The number of amidine groups is 1. The molecule has 4 aliphatic heterocycles. The van der Waals surface area contributed by atoms with Crippen molar-refractivity contribution in [1.82, 2.24) is 14.9 Å². The second-order valence-corrected chi connectivity index (χ2v) is 7.12. The highest BCUT2D eigenvalue weighted by atomic mass is 16.5. The van der Waals surface area contributed by atoms with E-state index in [1.807, 2.05) is 30.3 Å². The van der Waals surface area contributed by atoms with Crippen LogP contribution in [0.25, 0.3) is 11.3 Å². The zero-order valence-electron chi connectivity index (χ0n) is 14.1. The highest BCUT2D eigenvalue weighted by Crippen LogP contribution is 2.40. The lowest BCUT2D eigenvalue weighted by Gasteiger charge is -2.50. The fraction of sp³-hybridized carbons (Fsp3) is 0.421. The molecule has 0 amide bonds. The molecule has 0 radical (unpaired) electrons. The van der Waals surface area contributed by atoms with Gasteiger partial charge in [-0.1, -0.05) is 30.3 Å². The molecule has 6 rings (SSSR count). The van der Waals surface area contributed by atoms with E-state index in [0.717, 1.165) is 24.3 Å². The number of aromatic nitrogens is 2. The van der Waals surface area contributed by atoms with Gasteiger partial charge in [-0.3, -0.25) is 15.2 Å². The third-order valence-corrected chi connectivity index (χ3v) is 5.57. The normalized spacial score (nSPS) is 30.2. The molecule has 3 fully saturated rings. The first-order valence-electron chi connectivity index (χ1n) is 8.91. The molecular weight excluding hydrogens is 314 g/mol. The summed E-state index contributed by atoms with van der Waals surface area (Å²) < 4.78 is 6.27. The molecule has 6 nitrogen and oxygen atoms in total. The first kappa shape index (κ1) is 14.8. The Labute approximate surface area is 147 Å². The summed E-state index contributed by atoms with van der Waals surface area (Å²) in [6.45, 7) is 4.13. The summed E-state index contributed by atoms with van der Waals surface area (Å²) in [4.78, 5) is 16.0. The molecule has 25 heavy (non-hydrogen) atoms. The molecule has 6 heteroatoms. The molecule has 0 unspecified atom stereocenters. The van der Waals surface area contributed by atoms with Gasteiger partial charge < -0.3 is 4.74 Å². The average Bonchev–Trinajstić information content (AvgIpc) is 3.06. The van der Waals surface area contributed by atoms with Crippen LogP contribution < -0.4 is 5.32 Å². The van der Waals surface area contributed by atoms with Crippen LogP contribution in [0.2, 0.25) is 0 Å². The number of ether oxygens (including phenoxy) is 1. The van der Waals surface area contributed by atoms with Crippen LogP contribution in [0.5, 0.6) is 0 Å². The summed E-state index contributed by atoms with van der Waals surface area (Å²) >= 11 is 0. The Kier molecular flexibility index (Phi) is 3.45. The third-order valence-electron chi connectivity index (χ3n) is 5.57. The molecule has 4 aliphatic rings. The molecule has 2 bridgehead atoms. The smallest absolute Gasteiger partial charge is 0.291 e. The van der Waals surface area contributed by atoms with Crippen molar-refractivity contribution in [1.29, 1.82) is 0 Å². The van der Waals surface area contributed by atoms with Crippen molar-refractivity contribution in [2.24, 2.45) is 10.9 Å². The maximum absolute atomic E-state index is 6.27. The number of rotatable bonds is 2. The number of hydrogen-bond donors (Lipinski definition) is 1. The molecule has 5 heterocycles. The molecule has 128 valence electrons. The van der Waals surface area contributed by atoms with Gasteiger partial charge in [0.1, 0.15) is 5.60 Å². The summed E-state index contributed by atoms with van der Waals surface area (Å²) in [5.41, 5.74) is 1.78. The summed E-state index contributed by atoms with van der Waals surface area (Å²) in [6.07, 6.45) is 5.94. The fourth-order valence-corrected chi connectivity index (χ4v) is 4.21. The number of nitrogens with one attached hydrogen (secondary N) is 1. The maximum Gasteiger partial charge on any atom is 0.291 e. The van der Waals surface area contributed by atoms with Gasteiger partial charge >= 0.3 is 0 Å². The van der Waals surface area contributed by atoms with Gasteiger partial charge in [-0.2, -0.15) is 0 Å². The molecule has 1 spiro atoms. The maximum atomic E-state index is 6.27. The number of anilines is 1. The van der Waals surface area contributed by atoms with E-state index in [4.69, 9.17) is 4.74 Å². The van der Waals surface area contributed by atoms with Crippen LogP contribution in [0, 0.1) is 5.92 Å². The molecular formula is C19H21N5O. The molecule has 1 atom stereocenters. The number of aliphatic imine (C=N–C) groups is 1. The van der Waals surface area contributed by atoms with Gasteiger partial charge in [-0.15, -0.1) is 0 Å². The summed E-state index contributed by atoms with van der Waals surface area (Å²) in [5.74, 6) is 1.28. The molecule has 2 aromatic rings. The van der Waals surface area contributed by atoms with Crippen LogP contribution in [0.15, 0.2) is 47.7 Å². The van der Waals surface area contributed by atoms with Gasteiger partial charge in [0.15, 0.2) is 5.82 Å². The van der Waals surface area contributed by atoms with E-state index in [1.54, 1.807) is 12.4 Å². The average molecular weight is 335 g/mol. The Hall–Kier alpha value is -2.47. The van der Waals surface area contributed by atoms with Gasteiger partial charge in [-0.05, 0) is 25.9 Å². The SMILES string of the molecule is c1ccc(-c2cnc(NC3=NC[C@@]4(CN5CCC4CC5)O3)cn2)cc1.